The second-order valence-electron chi connectivity index (χ2n) is 7.19. The molecular formula is C25H22N2O4. The van der Waals surface area contributed by atoms with Crippen molar-refractivity contribution in [3.63, 3.8) is 0 Å². The van der Waals surface area contributed by atoms with Crippen molar-refractivity contribution < 1.29 is 19.4 Å². The van der Waals surface area contributed by atoms with Gasteiger partial charge in [0.1, 0.15) is 18.9 Å². The van der Waals surface area contributed by atoms with E-state index in [0.717, 1.165) is 16.5 Å². The van der Waals surface area contributed by atoms with Gasteiger partial charge < -0.3 is 19.7 Å². The number of carbonyl (C=O) groups is 2. The number of aliphatic carboxylic acids is 1. The van der Waals surface area contributed by atoms with Crippen LogP contribution < -0.4 is 10.1 Å². The molecule has 6 heteroatoms. The molecule has 0 bridgehead atoms. The van der Waals surface area contributed by atoms with Crippen LogP contribution in [0.15, 0.2) is 91.1 Å². The molecule has 2 N–H and O–H groups in total. The van der Waals surface area contributed by atoms with Crippen molar-refractivity contribution in [1.29, 1.82) is 0 Å². The molecule has 31 heavy (non-hydrogen) atoms. The van der Waals surface area contributed by atoms with Crippen LogP contribution in [0.3, 0.4) is 0 Å². The molecule has 3 aromatic carbocycles. The van der Waals surface area contributed by atoms with Crippen LogP contribution in [-0.4, -0.2) is 21.6 Å². The highest BCUT2D eigenvalue weighted by atomic mass is 16.5. The van der Waals surface area contributed by atoms with Gasteiger partial charge in [-0.3, -0.25) is 4.79 Å². The van der Waals surface area contributed by atoms with Crippen molar-refractivity contribution >= 4 is 22.8 Å². The van der Waals surface area contributed by atoms with E-state index in [9.17, 15) is 14.7 Å². The summed E-state index contributed by atoms with van der Waals surface area (Å²) >= 11 is 0. The Labute approximate surface area is 179 Å². The average Bonchev–Trinajstić information content (AvgIpc) is 3.19. The Hall–Kier alpha value is -4.06. The average molecular weight is 414 g/mol. The minimum Gasteiger partial charge on any atom is -0.489 e. The molecule has 1 heterocycles. The van der Waals surface area contributed by atoms with E-state index in [1.54, 1.807) is 34.9 Å². The quantitative estimate of drug-likeness (QED) is 0.454. The number of carbonyl (C=O) groups excluding carboxylic acids is 1. The first-order valence-electron chi connectivity index (χ1n) is 9.93. The molecule has 1 amide bonds. The summed E-state index contributed by atoms with van der Waals surface area (Å²) in [6.07, 6.45) is 1.81. The van der Waals surface area contributed by atoms with E-state index in [0.29, 0.717) is 17.9 Å². The summed E-state index contributed by atoms with van der Waals surface area (Å²) in [5, 5.41) is 13.1. The third kappa shape index (κ3) is 4.93. The Kier molecular flexibility index (Phi) is 5.98. The summed E-state index contributed by atoms with van der Waals surface area (Å²) in [5.41, 5.74) is 2.43. The third-order valence-corrected chi connectivity index (χ3v) is 4.99. The molecule has 1 atom stereocenters. The lowest BCUT2D eigenvalue weighted by molar-refractivity contribution is -0.142. The number of carboxylic acid groups (broad SMARTS) is 1. The predicted octanol–water partition coefficient (Wildman–Crippen LogP) is 4.16. The lowest BCUT2D eigenvalue weighted by Gasteiger charge is -2.15. The van der Waals surface area contributed by atoms with Crippen LogP contribution in [0, 0.1) is 0 Å². The van der Waals surface area contributed by atoms with Gasteiger partial charge in [-0.25, -0.2) is 4.79 Å². The third-order valence-electron chi connectivity index (χ3n) is 4.99. The number of fused-ring (bicyclic) bond motifs is 1. The Morgan fingerprint density at radius 3 is 2.35 bits per heavy atom. The van der Waals surface area contributed by atoms with Crippen molar-refractivity contribution in [2.24, 2.45) is 0 Å². The van der Waals surface area contributed by atoms with Gasteiger partial charge in [0, 0.05) is 12.3 Å². The number of benzene rings is 3. The highest BCUT2D eigenvalue weighted by Crippen LogP contribution is 2.23. The van der Waals surface area contributed by atoms with Crippen LogP contribution in [0.1, 0.15) is 17.2 Å². The van der Waals surface area contributed by atoms with Crippen molar-refractivity contribution in [2.45, 2.75) is 19.2 Å². The van der Waals surface area contributed by atoms with E-state index in [1.807, 2.05) is 60.8 Å². The minimum absolute atomic E-state index is 0.00223. The van der Waals surface area contributed by atoms with Crippen molar-refractivity contribution in [2.75, 3.05) is 0 Å². The molecule has 0 saturated heterocycles. The largest absolute Gasteiger partial charge is 0.489 e. The molecule has 6 nitrogen and oxygen atoms in total. The van der Waals surface area contributed by atoms with Crippen LogP contribution in [0.2, 0.25) is 0 Å². The fourth-order valence-corrected chi connectivity index (χ4v) is 3.43. The Bertz CT molecular complexity index is 1190. The summed E-state index contributed by atoms with van der Waals surface area (Å²) in [7, 11) is 0. The number of rotatable bonds is 8. The summed E-state index contributed by atoms with van der Waals surface area (Å²) in [6, 6.07) is 25.1. The first-order chi connectivity index (χ1) is 15.1. The van der Waals surface area contributed by atoms with E-state index in [1.165, 1.54) is 0 Å². The second-order valence-corrected chi connectivity index (χ2v) is 7.19. The Balaban J connectivity index is 1.47. The molecule has 0 saturated carbocycles. The summed E-state index contributed by atoms with van der Waals surface area (Å²) < 4.78 is 7.67. The summed E-state index contributed by atoms with van der Waals surface area (Å²) in [5.74, 6) is -0.790. The molecule has 0 unspecified atom stereocenters. The van der Waals surface area contributed by atoms with Crippen LogP contribution >= 0.6 is 0 Å². The Morgan fingerprint density at radius 1 is 0.935 bits per heavy atom. The number of aromatic nitrogens is 1. The Morgan fingerprint density at radius 2 is 1.65 bits per heavy atom. The highest BCUT2D eigenvalue weighted by Gasteiger charge is 2.22. The van der Waals surface area contributed by atoms with Crippen LogP contribution in [0.25, 0.3) is 10.9 Å². The van der Waals surface area contributed by atoms with Gasteiger partial charge >= 0.3 is 5.97 Å². The minimum atomic E-state index is -1.10. The van der Waals surface area contributed by atoms with Crippen molar-refractivity contribution in [3.05, 3.63) is 102 Å². The monoisotopic (exact) mass is 414 g/mol. The maximum absolute atomic E-state index is 12.6. The van der Waals surface area contributed by atoms with Gasteiger partial charge in [-0.05, 0) is 34.7 Å². The number of hydrogen-bond acceptors (Lipinski definition) is 3. The van der Waals surface area contributed by atoms with E-state index in [-0.39, 0.29) is 12.5 Å². The molecule has 156 valence electrons. The summed E-state index contributed by atoms with van der Waals surface area (Å²) in [4.78, 5) is 24.3. The van der Waals surface area contributed by atoms with Crippen LogP contribution in [-0.2, 0) is 22.7 Å². The van der Waals surface area contributed by atoms with Gasteiger partial charge in [-0.2, -0.15) is 0 Å². The maximum Gasteiger partial charge on any atom is 0.330 e. The SMILES string of the molecule is O=C(Cn1ccc2ccc(OCc3ccccc3)cc21)N[C@H](C(=O)O)c1ccccc1. The highest BCUT2D eigenvalue weighted by molar-refractivity contribution is 5.87. The predicted molar refractivity (Wildman–Crippen MR) is 118 cm³/mol. The molecule has 0 fully saturated rings. The fraction of sp³-hybridized carbons (Fsp3) is 0.120. The van der Waals surface area contributed by atoms with E-state index in [2.05, 4.69) is 5.32 Å². The first-order valence-corrected chi connectivity index (χ1v) is 9.93. The molecule has 4 rings (SSSR count). The van der Waals surface area contributed by atoms with Gasteiger partial charge in [0.2, 0.25) is 5.91 Å². The number of nitrogens with zero attached hydrogens (tertiary/aromatic N) is 1. The van der Waals surface area contributed by atoms with E-state index < -0.39 is 12.0 Å². The smallest absolute Gasteiger partial charge is 0.330 e. The van der Waals surface area contributed by atoms with Crippen LogP contribution in [0.5, 0.6) is 5.75 Å². The second kappa shape index (κ2) is 9.17. The zero-order chi connectivity index (χ0) is 21.6. The molecule has 0 spiro atoms. The molecule has 0 aliphatic heterocycles. The summed E-state index contributed by atoms with van der Waals surface area (Å²) in [6.45, 7) is 0.452. The molecule has 4 aromatic rings. The molecule has 1 aromatic heterocycles. The number of ether oxygens (including phenoxy) is 1. The lowest BCUT2D eigenvalue weighted by atomic mass is 10.1. The molecule has 0 aliphatic carbocycles. The van der Waals surface area contributed by atoms with Crippen LogP contribution in [0.4, 0.5) is 0 Å². The zero-order valence-corrected chi connectivity index (χ0v) is 16.8. The maximum atomic E-state index is 12.6. The molecule has 0 radical (unpaired) electrons. The normalized spacial score (nSPS) is 11.7. The van der Waals surface area contributed by atoms with Gasteiger partial charge in [0.15, 0.2) is 6.04 Å². The zero-order valence-electron chi connectivity index (χ0n) is 16.8. The van der Waals surface area contributed by atoms with E-state index >= 15 is 0 Å². The van der Waals surface area contributed by atoms with Gasteiger partial charge in [0.25, 0.3) is 0 Å². The number of carboxylic acids is 1. The first kappa shape index (κ1) is 20.2. The van der Waals surface area contributed by atoms with Gasteiger partial charge in [-0.15, -0.1) is 0 Å². The molecule has 0 aliphatic rings. The number of nitrogens with one attached hydrogen (secondary N) is 1. The standard InChI is InChI=1S/C25H22N2O4/c28-23(26-24(25(29)30)20-9-5-2-6-10-20)16-27-14-13-19-11-12-21(15-22(19)27)31-17-18-7-3-1-4-8-18/h1-15,24H,16-17H2,(H,26,28)(H,29,30)/t24-/m0/s1. The lowest BCUT2D eigenvalue weighted by Crippen LogP contribution is -2.35. The number of hydrogen-bond donors (Lipinski definition) is 2. The van der Waals surface area contributed by atoms with E-state index in [4.69, 9.17) is 4.74 Å². The number of amides is 1. The molecular weight excluding hydrogens is 392 g/mol. The topological polar surface area (TPSA) is 80.6 Å². The van der Waals surface area contributed by atoms with Crippen molar-refractivity contribution in [3.8, 4) is 5.75 Å². The van der Waals surface area contributed by atoms with Crippen molar-refractivity contribution in [1.82, 2.24) is 9.88 Å². The van der Waals surface area contributed by atoms with Gasteiger partial charge in [0.05, 0.1) is 5.52 Å². The fourth-order valence-electron chi connectivity index (χ4n) is 3.43. The van der Waals surface area contributed by atoms with Gasteiger partial charge in [-0.1, -0.05) is 60.7 Å².